The highest BCUT2D eigenvalue weighted by Gasteiger charge is 2.26. The maximum Gasteiger partial charge on any atom is 0.228 e. The fourth-order valence-corrected chi connectivity index (χ4v) is 2.67. The third kappa shape index (κ3) is 3.90. The molecule has 1 atom stereocenters. The van der Waals surface area contributed by atoms with Gasteiger partial charge in [-0.05, 0) is 29.8 Å². The molecule has 2 aromatic rings. The van der Waals surface area contributed by atoms with E-state index in [0.717, 1.165) is 24.3 Å². The predicted octanol–water partition coefficient (Wildman–Crippen LogP) is 3.75. The van der Waals surface area contributed by atoms with Gasteiger partial charge in [-0.25, -0.2) is 0 Å². The van der Waals surface area contributed by atoms with E-state index in [-0.39, 0.29) is 5.41 Å². The van der Waals surface area contributed by atoms with Crippen LogP contribution in [0.5, 0.6) is 0 Å². The molecular weight excluding hydrogens is 270 g/mol. The topological polar surface area (TPSA) is 51.0 Å². The Morgan fingerprint density at radius 3 is 2.80 bits per heavy atom. The molecule has 0 aliphatic heterocycles. The summed E-state index contributed by atoms with van der Waals surface area (Å²) >= 11 is 1.63. The molecule has 0 saturated heterocycles. The molecule has 4 nitrogen and oxygen atoms in total. The maximum absolute atomic E-state index is 5.40. The molecular formula is C15H23N3OS. The predicted molar refractivity (Wildman–Crippen MR) is 82.9 cm³/mol. The van der Waals surface area contributed by atoms with Crippen LogP contribution in [0.25, 0.3) is 10.7 Å². The van der Waals surface area contributed by atoms with Gasteiger partial charge >= 0.3 is 0 Å². The largest absolute Gasteiger partial charge is 0.339 e. The minimum absolute atomic E-state index is 0.159. The summed E-state index contributed by atoms with van der Waals surface area (Å²) in [4.78, 5) is 5.56. The molecule has 1 unspecified atom stereocenters. The van der Waals surface area contributed by atoms with Crippen molar-refractivity contribution in [2.45, 2.75) is 46.6 Å². The average Bonchev–Trinajstić information content (AvgIpc) is 3.03. The highest BCUT2D eigenvalue weighted by molar-refractivity contribution is 7.13. The molecule has 0 fully saturated rings. The van der Waals surface area contributed by atoms with Crippen molar-refractivity contribution >= 4 is 11.3 Å². The SMILES string of the molecule is CCCNC(Cc1nc(-c2cccs2)no1)C(C)(C)C. The normalized spacial score (nSPS) is 13.6. The fraction of sp³-hybridized carbons (Fsp3) is 0.600. The second-order valence-corrected chi connectivity index (χ2v) is 7.01. The Balaban J connectivity index is 2.07. The Hall–Kier alpha value is -1.20. The van der Waals surface area contributed by atoms with E-state index in [9.17, 15) is 0 Å². The van der Waals surface area contributed by atoms with Gasteiger partial charge in [0.15, 0.2) is 0 Å². The first-order valence-electron chi connectivity index (χ1n) is 7.10. The van der Waals surface area contributed by atoms with Crippen molar-refractivity contribution in [2.24, 2.45) is 5.41 Å². The Labute approximate surface area is 124 Å². The zero-order valence-electron chi connectivity index (χ0n) is 12.6. The first-order valence-corrected chi connectivity index (χ1v) is 7.98. The van der Waals surface area contributed by atoms with E-state index >= 15 is 0 Å². The molecule has 0 bridgehead atoms. The van der Waals surface area contributed by atoms with E-state index < -0.39 is 0 Å². The average molecular weight is 293 g/mol. The molecule has 0 saturated carbocycles. The standard InChI is InChI=1S/C15H23N3OS/c1-5-8-16-12(15(2,3)4)10-13-17-14(18-19-13)11-7-6-9-20-11/h6-7,9,12,16H,5,8,10H2,1-4H3. The summed E-state index contributed by atoms with van der Waals surface area (Å²) in [5.41, 5.74) is 0.159. The molecule has 5 heteroatoms. The Bertz CT molecular complexity index is 513. The van der Waals surface area contributed by atoms with Gasteiger partial charge in [-0.15, -0.1) is 11.3 Å². The molecule has 0 aliphatic rings. The lowest BCUT2D eigenvalue weighted by molar-refractivity contribution is 0.244. The van der Waals surface area contributed by atoms with Gasteiger partial charge in [0, 0.05) is 12.5 Å². The van der Waals surface area contributed by atoms with Gasteiger partial charge in [0.2, 0.25) is 11.7 Å². The Morgan fingerprint density at radius 1 is 1.40 bits per heavy atom. The first-order chi connectivity index (χ1) is 9.50. The summed E-state index contributed by atoms with van der Waals surface area (Å²) in [5, 5.41) is 9.67. The number of hydrogen-bond acceptors (Lipinski definition) is 5. The van der Waals surface area contributed by atoms with Gasteiger partial charge in [-0.2, -0.15) is 4.98 Å². The van der Waals surface area contributed by atoms with Crippen molar-refractivity contribution in [3.8, 4) is 10.7 Å². The lowest BCUT2D eigenvalue weighted by Crippen LogP contribution is -2.42. The number of hydrogen-bond donors (Lipinski definition) is 1. The van der Waals surface area contributed by atoms with Gasteiger partial charge in [-0.1, -0.05) is 38.9 Å². The number of nitrogens with zero attached hydrogens (tertiary/aromatic N) is 2. The van der Waals surface area contributed by atoms with Crippen molar-refractivity contribution in [1.82, 2.24) is 15.5 Å². The van der Waals surface area contributed by atoms with E-state index in [1.807, 2.05) is 17.5 Å². The number of rotatable bonds is 6. The second kappa shape index (κ2) is 6.50. The zero-order valence-corrected chi connectivity index (χ0v) is 13.5. The lowest BCUT2D eigenvalue weighted by atomic mass is 9.84. The Kier molecular flexibility index (Phi) is 4.94. The van der Waals surface area contributed by atoms with Gasteiger partial charge in [-0.3, -0.25) is 0 Å². The third-order valence-electron chi connectivity index (χ3n) is 3.27. The monoisotopic (exact) mass is 293 g/mol. The number of nitrogens with one attached hydrogen (secondary N) is 1. The van der Waals surface area contributed by atoms with Crippen LogP contribution in [-0.2, 0) is 6.42 Å². The second-order valence-electron chi connectivity index (χ2n) is 6.07. The summed E-state index contributed by atoms with van der Waals surface area (Å²) < 4.78 is 5.40. The molecule has 0 aromatic carbocycles. The summed E-state index contributed by atoms with van der Waals surface area (Å²) in [5.74, 6) is 1.40. The molecule has 110 valence electrons. The van der Waals surface area contributed by atoms with E-state index in [2.05, 4.69) is 43.2 Å². The molecule has 0 radical (unpaired) electrons. The first kappa shape index (κ1) is 15.2. The third-order valence-corrected chi connectivity index (χ3v) is 4.14. The quantitative estimate of drug-likeness (QED) is 0.881. The van der Waals surface area contributed by atoms with E-state index in [0.29, 0.717) is 17.8 Å². The Morgan fingerprint density at radius 2 is 2.20 bits per heavy atom. The minimum Gasteiger partial charge on any atom is -0.339 e. The number of thiophene rings is 1. The van der Waals surface area contributed by atoms with Crippen LogP contribution < -0.4 is 5.32 Å². The summed E-state index contributed by atoms with van der Waals surface area (Å²) in [6.45, 7) is 9.88. The van der Waals surface area contributed by atoms with Crippen molar-refractivity contribution in [3.63, 3.8) is 0 Å². The zero-order chi connectivity index (χ0) is 14.6. The van der Waals surface area contributed by atoms with Crippen molar-refractivity contribution < 1.29 is 4.52 Å². The smallest absolute Gasteiger partial charge is 0.228 e. The van der Waals surface area contributed by atoms with Crippen LogP contribution in [0.3, 0.4) is 0 Å². The van der Waals surface area contributed by atoms with Gasteiger partial charge in [0.05, 0.1) is 4.88 Å². The van der Waals surface area contributed by atoms with Gasteiger partial charge in [0.25, 0.3) is 0 Å². The fourth-order valence-electron chi connectivity index (χ4n) is 2.02. The highest BCUT2D eigenvalue weighted by Crippen LogP contribution is 2.25. The van der Waals surface area contributed by atoms with E-state index in [4.69, 9.17) is 4.52 Å². The summed E-state index contributed by atoms with van der Waals surface area (Å²) in [7, 11) is 0. The molecule has 0 spiro atoms. The lowest BCUT2D eigenvalue weighted by Gasteiger charge is -2.30. The van der Waals surface area contributed by atoms with Gasteiger partial charge < -0.3 is 9.84 Å². The van der Waals surface area contributed by atoms with Gasteiger partial charge in [0.1, 0.15) is 0 Å². The molecule has 20 heavy (non-hydrogen) atoms. The molecule has 2 heterocycles. The van der Waals surface area contributed by atoms with Crippen LogP contribution in [0.4, 0.5) is 0 Å². The maximum atomic E-state index is 5.40. The summed E-state index contributed by atoms with van der Waals surface area (Å²) in [6.07, 6.45) is 1.89. The molecule has 1 N–H and O–H groups in total. The van der Waals surface area contributed by atoms with Crippen molar-refractivity contribution in [2.75, 3.05) is 6.54 Å². The van der Waals surface area contributed by atoms with Crippen LogP contribution in [-0.4, -0.2) is 22.7 Å². The van der Waals surface area contributed by atoms with Crippen LogP contribution in [0.2, 0.25) is 0 Å². The van der Waals surface area contributed by atoms with Crippen molar-refractivity contribution in [1.29, 1.82) is 0 Å². The minimum atomic E-state index is 0.159. The van der Waals surface area contributed by atoms with E-state index in [1.54, 1.807) is 11.3 Å². The van der Waals surface area contributed by atoms with Crippen molar-refractivity contribution in [3.05, 3.63) is 23.4 Å². The summed E-state index contributed by atoms with van der Waals surface area (Å²) in [6, 6.07) is 4.34. The van der Waals surface area contributed by atoms with E-state index in [1.165, 1.54) is 0 Å². The number of aromatic nitrogens is 2. The molecule has 0 amide bonds. The van der Waals surface area contributed by atoms with Crippen LogP contribution in [0, 0.1) is 5.41 Å². The van der Waals surface area contributed by atoms with Crippen LogP contribution in [0.1, 0.15) is 40.0 Å². The van der Waals surface area contributed by atoms with Crippen LogP contribution in [0.15, 0.2) is 22.0 Å². The molecule has 0 aliphatic carbocycles. The molecule has 2 aromatic heterocycles. The van der Waals surface area contributed by atoms with Crippen LogP contribution >= 0.6 is 11.3 Å². The highest BCUT2D eigenvalue weighted by atomic mass is 32.1. The molecule has 2 rings (SSSR count).